The predicted octanol–water partition coefficient (Wildman–Crippen LogP) is 0.601. The van der Waals surface area contributed by atoms with Crippen LogP contribution < -0.4 is 0 Å². The van der Waals surface area contributed by atoms with Crippen molar-refractivity contribution < 1.29 is 0 Å². The topological polar surface area (TPSA) is 36.1 Å². The van der Waals surface area contributed by atoms with Crippen LogP contribution in [0.4, 0.5) is 0 Å². The van der Waals surface area contributed by atoms with E-state index in [2.05, 4.69) is 4.99 Å². The first-order valence-electron chi connectivity index (χ1n) is 1.69. The minimum absolute atomic E-state index is 0.427. The fraction of sp³-hybridized carbons (Fsp3) is 0.500. The molecule has 0 N–H and O–H groups in total. The van der Waals surface area contributed by atoms with E-state index in [0.717, 1.165) is 0 Å². The Bertz CT molecular complexity index is 78.0. The minimum Gasteiger partial charge on any atom is -0.300 e. The Morgan fingerprint density at radius 2 is 2.67 bits per heavy atom. The van der Waals surface area contributed by atoms with Gasteiger partial charge in [-0.2, -0.15) is 5.26 Å². The second-order valence-corrected chi connectivity index (χ2v) is 0.803. The SMILES string of the molecule is CN=CCC#N. The van der Waals surface area contributed by atoms with Crippen molar-refractivity contribution in [3.63, 3.8) is 0 Å². The lowest BCUT2D eigenvalue weighted by molar-refractivity contribution is 1.38. The third kappa shape index (κ3) is 3.16. The summed E-state index contributed by atoms with van der Waals surface area (Å²) in [5, 5.41) is 7.86. The van der Waals surface area contributed by atoms with Crippen LogP contribution in [0.3, 0.4) is 0 Å². The quantitative estimate of drug-likeness (QED) is 0.427. The molecule has 0 saturated carbocycles. The van der Waals surface area contributed by atoms with Gasteiger partial charge in [0.1, 0.15) is 0 Å². The lowest BCUT2D eigenvalue weighted by Crippen LogP contribution is -1.64. The molecule has 0 radical (unpaired) electrons. The largest absolute Gasteiger partial charge is 0.300 e. The second kappa shape index (κ2) is 4.16. The Hall–Kier alpha value is -0.840. The zero-order valence-corrected chi connectivity index (χ0v) is 3.68. The van der Waals surface area contributed by atoms with Crippen LogP contribution in [0, 0.1) is 11.3 Å². The number of hydrogen-bond acceptors (Lipinski definition) is 2. The molecule has 0 rings (SSSR count). The Balaban J connectivity index is 2.92. The maximum Gasteiger partial charge on any atom is 0.0700 e. The molecule has 0 aromatic heterocycles. The number of nitriles is 1. The van der Waals surface area contributed by atoms with E-state index in [-0.39, 0.29) is 0 Å². The molecular weight excluding hydrogens is 76.1 g/mol. The molecular formula is C4H6N2. The van der Waals surface area contributed by atoms with E-state index in [1.165, 1.54) is 0 Å². The van der Waals surface area contributed by atoms with E-state index >= 15 is 0 Å². The monoisotopic (exact) mass is 82.1 g/mol. The first-order valence-corrected chi connectivity index (χ1v) is 1.69. The normalized spacial score (nSPS) is 8.67. The molecule has 0 aliphatic rings. The van der Waals surface area contributed by atoms with Crippen LogP contribution in [0.2, 0.25) is 0 Å². The van der Waals surface area contributed by atoms with Gasteiger partial charge in [0, 0.05) is 13.3 Å². The first-order chi connectivity index (χ1) is 2.91. The third-order valence-electron chi connectivity index (χ3n) is 0.365. The summed E-state index contributed by atoms with van der Waals surface area (Å²) >= 11 is 0. The highest BCUT2D eigenvalue weighted by atomic mass is 14.6. The average molecular weight is 82.1 g/mol. The molecule has 0 spiro atoms. The lowest BCUT2D eigenvalue weighted by Gasteiger charge is -1.64. The third-order valence-corrected chi connectivity index (χ3v) is 0.365. The van der Waals surface area contributed by atoms with Gasteiger partial charge >= 0.3 is 0 Å². The van der Waals surface area contributed by atoms with Crippen molar-refractivity contribution in [2.45, 2.75) is 6.42 Å². The summed E-state index contributed by atoms with van der Waals surface area (Å²) in [5.41, 5.74) is 0. The van der Waals surface area contributed by atoms with Crippen molar-refractivity contribution in [3.05, 3.63) is 0 Å². The molecule has 2 nitrogen and oxygen atoms in total. The minimum atomic E-state index is 0.427. The van der Waals surface area contributed by atoms with Gasteiger partial charge in [0.25, 0.3) is 0 Å². The molecule has 0 fully saturated rings. The van der Waals surface area contributed by atoms with Gasteiger partial charge in [-0.05, 0) is 0 Å². The molecule has 0 aliphatic carbocycles. The van der Waals surface area contributed by atoms with Crippen LogP contribution in [0.15, 0.2) is 4.99 Å². The molecule has 2 heteroatoms. The van der Waals surface area contributed by atoms with Crippen molar-refractivity contribution in [2.24, 2.45) is 4.99 Å². The molecule has 0 heterocycles. The summed E-state index contributed by atoms with van der Waals surface area (Å²) in [7, 11) is 1.65. The Morgan fingerprint density at radius 3 is 2.83 bits per heavy atom. The van der Waals surface area contributed by atoms with Gasteiger partial charge in [0.2, 0.25) is 0 Å². The number of hydrogen-bond donors (Lipinski definition) is 0. The highest BCUT2D eigenvalue weighted by Crippen LogP contribution is 1.62. The predicted molar refractivity (Wildman–Crippen MR) is 24.6 cm³/mol. The van der Waals surface area contributed by atoms with Crippen molar-refractivity contribution in [2.75, 3.05) is 7.05 Å². The van der Waals surface area contributed by atoms with Crippen molar-refractivity contribution in [1.29, 1.82) is 5.26 Å². The van der Waals surface area contributed by atoms with Gasteiger partial charge in [-0.1, -0.05) is 0 Å². The summed E-state index contributed by atoms with van der Waals surface area (Å²) < 4.78 is 0. The van der Waals surface area contributed by atoms with Crippen molar-refractivity contribution in [3.8, 4) is 6.07 Å². The van der Waals surface area contributed by atoms with E-state index in [1.54, 1.807) is 13.3 Å². The van der Waals surface area contributed by atoms with E-state index in [1.807, 2.05) is 6.07 Å². The lowest BCUT2D eigenvalue weighted by atomic mass is 10.5. The van der Waals surface area contributed by atoms with Crippen LogP contribution in [0.1, 0.15) is 6.42 Å². The number of aliphatic imine (C=N–C) groups is 1. The average Bonchev–Trinajstić information content (AvgIpc) is 1.61. The highest BCUT2D eigenvalue weighted by molar-refractivity contribution is 5.59. The zero-order valence-electron chi connectivity index (χ0n) is 3.68. The van der Waals surface area contributed by atoms with Crippen LogP contribution >= 0.6 is 0 Å². The smallest absolute Gasteiger partial charge is 0.0700 e. The van der Waals surface area contributed by atoms with Gasteiger partial charge in [-0.15, -0.1) is 0 Å². The standard InChI is InChI=1S/C4H6N2/c1-6-4-2-3-5/h4H,2H2,1H3. The Kier molecular flexibility index (Phi) is 3.58. The maximum absolute atomic E-state index is 7.86. The first kappa shape index (κ1) is 5.16. The van der Waals surface area contributed by atoms with Gasteiger partial charge in [-0.3, -0.25) is 4.99 Å². The van der Waals surface area contributed by atoms with Crippen molar-refractivity contribution in [1.82, 2.24) is 0 Å². The molecule has 0 bridgehead atoms. The van der Waals surface area contributed by atoms with E-state index in [9.17, 15) is 0 Å². The molecule has 0 aliphatic heterocycles. The summed E-state index contributed by atoms with van der Waals surface area (Å²) in [5.74, 6) is 0. The fourth-order valence-electron chi connectivity index (χ4n) is 0.132. The molecule has 0 saturated heterocycles. The molecule has 0 unspecified atom stereocenters. The van der Waals surface area contributed by atoms with Gasteiger partial charge in [-0.25, -0.2) is 0 Å². The molecule has 0 amide bonds. The van der Waals surface area contributed by atoms with Crippen LogP contribution in [-0.4, -0.2) is 13.3 Å². The maximum atomic E-state index is 7.86. The van der Waals surface area contributed by atoms with E-state index in [0.29, 0.717) is 6.42 Å². The van der Waals surface area contributed by atoms with Gasteiger partial charge in [0.15, 0.2) is 0 Å². The molecule has 6 heavy (non-hydrogen) atoms. The molecule has 0 aromatic carbocycles. The van der Waals surface area contributed by atoms with E-state index in [4.69, 9.17) is 5.26 Å². The van der Waals surface area contributed by atoms with Gasteiger partial charge < -0.3 is 0 Å². The summed E-state index contributed by atoms with van der Waals surface area (Å²) in [6.45, 7) is 0. The van der Waals surface area contributed by atoms with Gasteiger partial charge in [0.05, 0.1) is 12.5 Å². The van der Waals surface area contributed by atoms with Crippen LogP contribution in [-0.2, 0) is 0 Å². The summed E-state index contributed by atoms with van der Waals surface area (Å²) in [6.07, 6.45) is 2.00. The Morgan fingerprint density at radius 1 is 2.00 bits per heavy atom. The summed E-state index contributed by atoms with van der Waals surface area (Å²) in [6, 6.07) is 1.92. The molecule has 32 valence electrons. The summed E-state index contributed by atoms with van der Waals surface area (Å²) in [4.78, 5) is 3.58. The zero-order chi connectivity index (χ0) is 4.83. The van der Waals surface area contributed by atoms with Crippen LogP contribution in [0.25, 0.3) is 0 Å². The second-order valence-electron chi connectivity index (χ2n) is 0.803. The number of nitrogens with zero attached hydrogens (tertiary/aromatic N) is 2. The van der Waals surface area contributed by atoms with E-state index < -0.39 is 0 Å². The molecule has 0 aromatic rings. The van der Waals surface area contributed by atoms with Crippen LogP contribution in [0.5, 0.6) is 0 Å². The molecule has 0 atom stereocenters. The fourth-order valence-corrected chi connectivity index (χ4v) is 0.132. The number of rotatable bonds is 1. The van der Waals surface area contributed by atoms with Crippen molar-refractivity contribution >= 4 is 6.21 Å². The Labute approximate surface area is 37.1 Å². The highest BCUT2D eigenvalue weighted by Gasteiger charge is 1.62.